The molecule has 7 nitrogen and oxygen atoms in total. The molecule has 0 saturated carbocycles. The number of carboxylic acids is 1. The molecule has 1 unspecified atom stereocenters. The number of nitrogens with zero attached hydrogens (tertiary/aromatic N) is 2. The van der Waals surface area contributed by atoms with Crippen molar-refractivity contribution in [3.05, 3.63) is 75.3 Å². The van der Waals surface area contributed by atoms with E-state index in [2.05, 4.69) is 11.8 Å². The minimum atomic E-state index is -0.896. The van der Waals surface area contributed by atoms with Gasteiger partial charge in [0.05, 0.1) is 13.0 Å². The summed E-state index contributed by atoms with van der Waals surface area (Å²) in [5.41, 5.74) is 2.70. The van der Waals surface area contributed by atoms with Crippen LogP contribution in [0.1, 0.15) is 48.9 Å². The highest BCUT2D eigenvalue weighted by Gasteiger charge is 2.25. The van der Waals surface area contributed by atoms with Gasteiger partial charge in [-0.2, -0.15) is 0 Å². The Balaban J connectivity index is 1.77. The minimum Gasteiger partial charge on any atom is -0.494 e. The molecule has 0 aliphatic rings. The number of carboxylic acid groups (broad SMARTS) is 1. The number of rotatable bonds is 13. The van der Waals surface area contributed by atoms with E-state index in [1.807, 2.05) is 25.1 Å². The number of carbonyl (C=O) groups is 1. The summed E-state index contributed by atoms with van der Waals surface area (Å²) < 4.78 is 7.24. The molecule has 1 heterocycles. The lowest BCUT2D eigenvalue weighted by Gasteiger charge is -2.32. The Kier molecular flexibility index (Phi) is 9.93. The van der Waals surface area contributed by atoms with Gasteiger partial charge in [-0.1, -0.05) is 54.7 Å². The van der Waals surface area contributed by atoms with Crippen molar-refractivity contribution in [2.45, 2.75) is 52.2 Å². The first kappa shape index (κ1) is 27.7. The first-order valence-corrected chi connectivity index (χ1v) is 12.7. The van der Waals surface area contributed by atoms with Crippen molar-refractivity contribution < 1.29 is 24.9 Å². The number of aromatic hydroxyl groups is 2. The van der Waals surface area contributed by atoms with E-state index < -0.39 is 12.0 Å². The summed E-state index contributed by atoms with van der Waals surface area (Å²) in [7, 11) is 0. The van der Waals surface area contributed by atoms with Gasteiger partial charge in [-0.15, -0.1) is 0 Å². The topological polar surface area (TPSA) is 95.2 Å². The zero-order valence-electron chi connectivity index (χ0n) is 20.5. The van der Waals surface area contributed by atoms with Crippen LogP contribution >= 0.6 is 23.2 Å². The molecule has 0 fully saturated rings. The molecule has 9 heteroatoms. The van der Waals surface area contributed by atoms with Gasteiger partial charge in [0.15, 0.2) is 11.8 Å². The second kappa shape index (κ2) is 12.9. The fourth-order valence-electron chi connectivity index (χ4n) is 4.21. The van der Waals surface area contributed by atoms with Crippen molar-refractivity contribution in [2.75, 3.05) is 13.2 Å². The van der Waals surface area contributed by atoms with Crippen molar-refractivity contribution in [1.29, 1.82) is 0 Å². The molecule has 0 bridgehead atoms. The van der Waals surface area contributed by atoms with Crippen LogP contribution in [0.25, 0.3) is 0 Å². The number of aryl methyl sites for hydroxylation is 1. The molecule has 2 aromatic carbocycles. The largest absolute Gasteiger partial charge is 0.494 e. The number of hydrogen-bond donors (Lipinski definition) is 3. The third-order valence-corrected chi connectivity index (χ3v) is 6.62. The highest BCUT2D eigenvalue weighted by atomic mass is 35.5. The quantitative estimate of drug-likeness (QED) is 0.234. The molecule has 0 saturated heterocycles. The monoisotopic (exact) mass is 534 g/mol. The van der Waals surface area contributed by atoms with E-state index >= 15 is 0 Å². The molecule has 36 heavy (non-hydrogen) atoms. The highest BCUT2D eigenvalue weighted by Crippen LogP contribution is 2.34. The summed E-state index contributed by atoms with van der Waals surface area (Å²) in [6, 6.07) is 13.5. The fourth-order valence-corrected chi connectivity index (χ4v) is 4.74. The Hall–Kier alpha value is -2.87. The predicted molar refractivity (Wildman–Crippen MR) is 141 cm³/mol. The van der Waals surface area contributed by atoms with Crippen LogP contribution in [0.4, 0.5) is 0 Å². The Labute approximate surface area is 221 Å². The molecule has 0 spiro atoms. The first-order valence-electron chi connectivity index (χ1n) is 11.9. The third-order valence-electron chi connectivity index (χ3n) is 6.06. The van der Waals surface area contributed by atoms with E-state index in [4.69, 9.17) is 27.9 Å². The van der Waals surface area contributed by atoms with Crippen LogP contribution < -0.4 is 4.74 Å². The number of ether oxygens (including phenoxy) is 1. The van der Waals surface area contributed by atoms with Crippen LogP contribution in [0, 0.1) is 6.92 Å². The molecule has 0 aliphatic heterocycles. The smallest absolute Gasteiger partial charge is 0.305 e. The number of aliphatic carboxylic acids is 1. The van der Waals surface area contributed by atoms with Gasteiger partial charge >= 0.3 is 5.97 Å². The first-order chi connectivity index (χ1) is 17.2. The molecule has 3 rings (SSSR count). The van der Waals surface area contributed by atoms with Gasteiger partial charge in [0, 0.05) is 34.8 Å². The average Bonchev–Trinajstić information content (AvgIpc) is 3.14. The minimum absolute atomic E-state index is 0.0213. The lowest BCUT2D eigenvalue weighted by Crippen LogP contribution is -2.31. The van der Waals surface area contributed by atoms with Crippen LogP contribution in [-0.4, -0.2) is 43.9 Å². The Morgan fingerprint density at radius 1 is 1.08 bits per heavy atom. The van der Waals surface area contributed by atoms with Crippen molar-refractivity contribution in [3.8, 4) is 17.5 Å². The molecule has 1 aromatic heterocycles. The maximum atomic E-state index is 11.8. The number of halogens is 2. The SMILES string of the molecule is CCCCN(Cc1ccc(OCCn2c(O)ccc2O)c(C)c1)C(CC(=O)O)c1ccc(Cl)cc1Cl. The zero-order chi connectivity index (χ0) is 26.2. The summed E-state index contributed by atoms with van der Waals surface area (Å²) in [5, 5.41) is 30.1. The maximum absolute atomic E-state index is 11.8. The molecule has 0 amide bonds. The zero-order valence-corrected chi connectivity index (χ0v) is 22.0. The lowest BCUT2D eigenvalue weighted by molar-refractivity contribution is -0.138. The summed E-state index contributed by atoms with van der Waals surface area (Å²) >= 11 is 12.6. The van der Waals surface area contributed by atoms with Crippen LogP contribution in [0.5, 0.6) is 17.5 Å². The summed E-state index contributed by atoms with van der Waals surface area (Å²) in [5.74, 6) is -0.237. The molecule has 3 N–H and O–H groups in total. The van der Waals surface area contributed by atoms with Crippen LogP contribution in [0.15, 0.2) is 48.5 Å². The lowest BCUT2D eigenvalue weighted by atomic mass is 10.00. The number of hydrogen-bond acceptors (Lipinski definition) is 5. The van der Waals surface area contributed by atoms with E-state index in [0.717, 1.165) is 29.5 Å². The highest BCUT2D eigenvalue weighted by molar-refractivity contribution is 6.35. The number of benzene rings is 2. The van der Waals surface area contributed by atoms with E-state index in [0.29, 0.717) is 35.4 Å². The second-order valence-electron chi connectivity index (χ2n) is 8.75. The van der Waals surface area contributed by atoms with Gasteiger partial charge in [0.1, 0.15) is 12.4 Å². The standard InChI is InChI=1S/C27H32Cl2N2O5/c1-3-4-11-30(23(16-27(34)35)21-7-6-20(28)15-22(21)29)17-19-5-8-24(18(2)14-19)36-13-12-31-25(32)9-10-26(31)33/h5-10,14-15,23,32-33H,3-4,11-13,16-17H2,1-2H3,(H,34,35). The van der Waals surface area contributed by atoms with Crippen LogP contribution in [0.2, 0.25) is 10.0 Å². The van der Waals surface area contributed by atoms with E-state index in [9.17, 15) is 20.1 Å². The summed E-state index contributed by atoms with van der Waals surface area (Å²) in [6.07, 6.45) is 1.81. The Morgan fingerprint density at radius 3 is 2.42 bits per heavy atom. The second-order valence-corrected chi connectivity index (χ2v) is 9.60. The van der Waals surface area contributed by atoms with E-state index in [1.165, 1.54) is 16.7 Å². The molecular weight excluding hydrogens is 503 g/mol. The number of unbranched alkanes of at least 4 members (excludes halogenated alkanes) is 1. The van der Waals surface area contributed by atoms with Gasteiger partial charge in [0.25, 0.3) is 0 Å². The maximum Gasteiger partial charge on any atom is 0.305 e. The normalized spacial score (nSPS) is 12.1. The predicted octanol–water partition coefficient (Wildman–Crippen LogP) is 6.41. The van der Waals surface area contributed by atoms with Crippen molar-refractivity contribution >= 4 is 29.2 Å². The van der Waals surface area contributed by atoms with E-state index in [-0.39, 0.29) is 24.8 Å². The molecule has 194 valence electrons. The number of aromatic nitrogens is 1. The molecule has 3 aromatic rings. The van der Waals surface area contributed by atoms with Crippen molar-refractivity contribution in [1.82, 2.24) is 9.47 Å². The summed E-state index contributed by atoms with van der Waals surface area (Å²) in [4.78, 5) is 13.9. The van der Waals surface area contributed by atoms with Gasteiger partial charge in [-0.3, -0.25) is 14.3 Å². The van der Waals surface area contributed by atoms with Gasteiger partial charge < -0.3 is 20.1 Å². The van der Waals surface area contributed by atoms with Crippen LogP contribution in [0.3, 0.4) is 0 Å². The molecular formula is C27H32Cl2N2O5. The van der Waals surface area contributed by atoms with Gasteiger partial charge in [-0.05, 0) is 54.8 Å². The Morgan fingerprint density at radius 2 is 1.81 bits per heavy atom. The molecule has 0 aliphatic carbocycles. The average molecular weight is 535 g/mol. The van der Waals surface area contributed by atoms with Crippen molar-refractivity contribution in [3.63, 3.8) is 0 Å². The van der Waals surface area contributed by atoms with Crippen molar-refractivity contribution in [2.24, 2.45) is 0 Å². The molecule has 0 radical (unpaired) electrons. The van der Waals surface area contributed by atoms with Crippen LogP contribution in [-0.2, 0) is 17.9 Å². The van der Waals surface area contributed by atoms with E-state index in [1.54, 1.807) is 18.2 Å². The summed E-state index contributed by atoms with van der Waals surface area (Å²) in [6.45, 7) is 5.88. The Bertz CT molecular complexity index is 1160. The van der Waals surface area contributed by atoms with Gasteiger partial charge in [-0.25, -0.2) is 0 Å². The van der Waals surface area contributed by atoms with Gasteiger partial charge in [0.2, 0.25) is 0 Å². The third kappa shape index (κ3) is 7.32. The fraction of sp³-hybridized carbons (Fsp3) is 0.370. The molecule has 1 atom stereocenters.